The Labute approximate surface area is 107 Å². The summed E-state index contributed by atoms with van der Waals surface area (Å²) in [7, 11) is 3.23. The van der Waals surface area contributed by atoms with E-state index in [2.05, 4.69) is 10.6 Å². The van der Waals surface area contributed by atoms with Crippen LogP contribution in [0.3, 0.4) is 0 Å². The maximum atomic E-state index is 11.7. The fraction of sp³-hybridized carbons (Fsp3) is 0.462. The predicted molar refractivity (Wildman–Crippen MR) is 71.1 cm³/mol. The Balaban J connectivity index is 2.48. The largest absolute Gasteiger partial charge is 0.497 e. The van der Waals surface area contributed by atoms with Crippen LogP contribution in [0.2, 0.25) is 0 Å². The van der Waals surface area contributed by atoms with E-state index in [9.17, 15) is 4.79 Å². The quantitative estimate of drug-likeness (QED) is 0.715. The summed E-state index contributed by atoms with van der Waals surface area (Å²) < 4.78 is 10.0. The van der Waals surface area contributed by atoms with Crippen LogP contribution < -0.4 is 15.4 Å². The average Bonchev–Trinajstić information content (AvgIpc) is 2.37. The van der Waals surface area contributed by atoms with Crippen molar-refractivity contribution in [2.24, 2.45) is 0 Å². The van der Waals surface area contributed by atoms with E-state index in [1.165, 1.54) is 0 Å². The van der Waals surface area contributed by atoms with Gasteiger partial charge < -0.3 is 20.1 Å². The Morgan fingerprint density at radius 1 is 1.33 bits per heavy atom. The maximum Gasteiger partial charge on any atom is 0.238 e. The number of rotatable bonds is 7. The van der Waals surface area contributed by atoms with Gasteiger partial charge in [-0.2, -0.15) is 0 Å². The molecule has 5 nitrogen and oxygen atoms in total. The van der Waals surface area contributed by atoms with Crippen molar-refractivity contribution in [3.63, 3.8) is 0 Å². The molecule has 2 N–H and O–H groups in total. The predicted octanol–water partition coefficient (Wildman–Crippen LogP) is 1.18. The highest BCUT2D eigenvalue weighted by atomic mass is 16.5. The Bertz CT molecular complexity index is 394. The molecule has 0 spiro atoms. The number of hydrogen-bond donors (Lipinski definition) is 2. The lowest BCUT2D eigenvalue weighted by molar-refractivity contribution is -0.115. The minimum Gasteiger partial charge on any atom is -0.497 e. The Morgan fingerprint density at radius 2 is 2.11 bits per heavy atom. The molecule has 0 aliphatic carbocycles. The first-order valence-electron chi connectivity index (χ1n) is 5.81. The third-order valence-electron chi connectivity index (χ3n) is 2.49. The van der Waals surface area contributed by atoms with Gasteiger partial charge in [-0.05, 0) is 18.6 Å². The summed E-state index contributed by atoms with van der Waals surface area (Å²) in [6.07, 6.45) is 0. The van der Waals surface area contributed by atoms with Crippen LogP contribution in [0, 0.1) is 6.92 Å². The van der Waals surface area contributed by atoms with Crippen LogP contribution in [0.4, 0.5) is 5.69 Å². The van der Waals surface area contributed by atoms with E-state index >= 15 is 0 Å². The van der Waals surface area contributed by atoms with Gasteiger partial charge in [0, 0.05) is 25.4 Å². The SMILES string of the molecule is COCCNCC(=O)Nc1cc(OC)ccc1C. The van der Waals surface area contributed by atoms with Crippen LogP contribution in [0.1, 0.15) is 5.56 Å². The van der Waals surface area contributed by atoms with Gasteiger partial charge in [-0.3, -0.25) is 4.79 Å². The van der Waals surface area contributed by atoms with Crippen LogP contribution in [0.25, 0.3) is 0 Å². The summed E-state index contributed by atoms with van der Waals surface area (Å²) in [5, 5.41) is 5.83. The number of methoxy groups -OCH3 is 2. The summed E-state index contributed by atoms with van der Waals surface area (Å²) in [6.45, 7) is 3.44. The molecule has 0 saturated carbocycles. The molecular formula is C13H20N2O3. The van der Waals surface area contributed by atoms with Gasteiger partial charge in [-0.25, -0.2) is 0 Å². The zero-order chi connectivity index (χ0) is 13.4. The smallest absolute Gasteiger partial charge is 0.238 e. The van der Waals surface area contributed by atoms with Crippen molar-refractivity contribution >= 4 is 11.6 Å². The van der Waals surface area contributed by atoms with Crippen molar-refractivity contribution < 1.29 is 14.3 Å². The molecule has 0 aromatic heterocycles. The molecule has 1 aromatic carbocycles. The molecule has 5 heteroatoms. The second-order valence-corrected chi connectivity index (χ2v) is 3.90. The second-order valence-electron chi connectivity index (χ2n) is 3.90. The Hall–Kier alpha value is -1.59. The molecule has 0 radical (unpaired) electrons. The van der Waals surface area contributed by atoms with Crippen molar-refractivity contribution in [2.45, 2.75) is 6.92 Å². The number of hydrogen-bond acceptors (Lipinski definition) is 4. The molecule has 1 rings (SSSR count). The topological polar surface area (TPSA) is 59.6 Å². The van der Waals surface area contributed by atoms with Crippen LogP contribution in [0.5, 0.6) is 5.75 Å². The van der Waals surface area contributed by atoms with E-state index in [4.69, 9.17) is 9.47 Å². The van der Waals surface area contributed by atoms with Gasteiger partial charge in [0.2, 0.25) is 5.91 Å². The normalized spacial score (nSPS) is 10.2. The number of nitrogens with one attached hydrogen (secondary N) is 2. The highest BCUT2D eigenvalue weighted by molar-refractivity contribution is 5.93. The summed E-state index contributed by atoms with van der Waals surface area (Å²) in [6, 6.07) is 5.58. The zero-order valence-corrected chi connectivity index (χ0v) is 11.1. The number of amides is 1. The molecule has 0 fully saturated rings. The van der Waals surface area contributed by atoms with Gasteiger partial charge in [0.15, 0.2) is 0 Å². The van der Waals surface area contributed by atoms with Crippen molar-refractivity contribution in [1.82, 2.24) is 5.32 Å². The van der Waals surface area contributed by atoms with Gasteiger partial charge in [0.25, 0.3) is 0 Å². The Morgan fingerprint density at radius 3 is 2.78 bits per heavy atom. The number of carbonyl (C=O) groups is 1. The van der Waals surface area contributed by atoms with Gasteiger partial charge in [-0.15, -0.1) is 0 Å². The van der Waals surface area contributed by atoms with E-state index < -0.39 is 0 Å². The first-order valence-corrected chi connectivity index (χ1v) is 5.81. The monoisotopic (exact) mass is 252 g/mol. The lowest BCUT2D eigenvalue weighted by Gasteiger charge is -2.10. The number of carbonyl (C=O) groups excluding carboxylic acids is 1. The molecule has 0 atom stereocenters. The number of anilines is 1. The first-order chi connectivity index (χ1) is 8.67. The molecular weight excluding hydrogens is 232 g/mol. The maximum absolute atomic E-state index is 11.7. The van der Waals surface area contributed by atoms with Crippen LogP contribution >= 0.6 is 0 Å². The Kier molecular flexibility index (Phi) is 6.18. The van der Waals surface area contributed by atoms with Gasteiger partial charge in [-0.1, -0.05) is 6.07 Å². The molecule has 18 heavy (non-hydrogen) atoms. The number of aryl methyl sites for hydroxylation is 1. The number of ether oxygens (including phenoxy) is 2. The van der Waals surface area contributed by atoms with Gasteiger partial charge in [0.05, 0.1) is 20.3 Å². The van der Waals surface area contributed by atoms with Crippen LogP contribution in [-0.4, -0.2) is 39.8 Å². The molecule has 0 aliphatic rings. The molecule has 1 amide bonds. The summed E-state index contributed by atoms with van der Waals surface area (Å²) >= 11 is 0. The average molecular weight is 252 g/mol. The fourth-order valence-electron chi connectivity index (χ4n) is 1.43. The second kappa shape index (κ2) is 7.68. The fourth-order valence-corrected chi connectivity index (χ4v) is 1.43. The van der Waals surface area contributed by atoms with E-state index in [-0.39, 0.29) is 12.5 Å². The minimum atomic E-state index is -0.0811. The summed E-state index contributed by atoms with van der Waals surface area (Å²) in [5.74, 6) is 0.644. The van der Waals surface area contributed by atoms with Crippen molar-refractivity contribution in [3.05, 3.63) is 23.8 Å². The molecule has 0 unspecified atom stereocenters. The van der Waals surface area contributed by atoms with Crippen molar-refractivity contribution in [2.75, 3.05) is 39.2 Å². The van der Waals surface area contributed by atoms with Gasteiger partial charge in [0.1, 0.15) is 5.75 Å². The van der Waals surface area contributed by atoms with E-state index in [0.717, 1.165) is 17.0 Å². The minimum absolute atomic E-state index is 0.0811. The first kappa shape index (κ1) is 14.5. The zero-order valence-electron chi connectivity index (χ0n) is 11.1. The third kappa shape index (κ3) is 4.73. The van der Waals surface area contributed by atoms with E-state index in [1.54, 1.807) is 14.2 Å². The summed E-state index contributed by atoms with van der Waals surface area (Å²) in [5.41, 5.74) is 1.77. The summed E-state index contributed by atoms with van der Waals surface area (Å²) in [4.78, 5) is 11.7. The van der Waals surface area contributed by atoms with Crippen molar-refractivity contribution in [3.8, 4) is 5.75 Å². The molecule has 0 saturated heterocycles. The molecule has 0 bridgehead atoms. The highest BCUT2D eigenvalue weighted by Crippen LogP contribution is 2.21. The van der Waals surface area contributed by atoms with E-state index in [1.807, 2.05) is 25.1 Å². The molecule has 100 valence electrons. The standard InChI is InChI=1S/C13H20N2O3/c1-10-4-5-11(18-3)8-12(10)15-13(16)9-14-6-7-17-2/h4-5,8,14H,6-7,9H2,1-3H3,(H,15,16). The number of benzene rings is 1. The van der Waals surface area contributed by atoms with Gasteiger partial charge >= 0.3 is 0 Å². The lowest BCUT2D eigenvalue weighted by atomic mass is 10.2. The molecule has 1 aromatic rings. The van der Waals surface area contributed by atoms with Crippen LogP contribution in [-0.2, 0) is 9.53 Å². The molecule has 0 aliphatic heterocycles. The lowest BCUT2D eigenvalue weighted by Crippen LogP contribution is -2.30. The van der Waals surface area contributed by atoms with E-state index in [0.29, 0.717) is 13.2 Å². The molecule has 0 heterocycles. The highest BCUT2D eigenvalue weighted by Gasteiger charge is 2.05. The van der Waals surface area contributed by atoms with Crippen LogP contribution in [0.15, 0.2) is 18.2 Å². The van der Waals surface area contributed by atoms with Crippen molar-refractivity contribution in [1.29, 1.82) is 0 Å². The third-order valence-corrected chi connectivity index (χ3v) is 2.49.